The number of nitrogens with one attached hydrogen (secondary N) is 3. The normalized spacial score (nSPS) is 16.9. The van der Waals surface area contributed by atoms with E-state index in [0.717, 1.165) is 56.3 Å². The largest absolute Gasteiger partial charge is 0.378 e. The van der Waals surface area contributed by atoms with Gasteiger partial charge in [-0.3, -0.25) is 4.79 Å². The quantitative estimate of drug-likeness (QED) is 0.463. The van der Waals surface area contributed by atoms with Gasteiger partial charge in [0, 0.05) is 49.5 Å². The molecular weight excluding hydrogens is 428 g/mol. The maximum atomic E-state index is 12.4. The molecule has 2 fully saturated rings. The molecule has 184 valence electrons. The van der Waals surface area contributed by atoms with E-state index in [0.29, 0.717) is 30.6 Å². The molecule has 1 aliphatic heterocycles. The number of morpholine rings is 1. The summed E-state index contributed by atoms with van der Waals surface area (Å²) in [5.74, 6) is 1.53. The first-order valence-corrected chi connectivity index (χ1v) is 12.7. The fraction of sp³-hybridized carbons (Fsp3) is 0.577. The standard InChI is InChI=1S/C26H38N6O2/c1-20-18-24(32-14-16-34-17-15-32)31-26(30-20)29-19-21-8-10-22(11-9-21)25(33)28-13-5-12-27-23-6-3-2-4-7-23/h8-11,18,23,27H,2-7,12-17,19H2,1H3,(H,28,33)(H,29,30,31). The highest BCUT2D eigenvalue weighted by atomic mass is 16.5. The molecule has 2 heterocycles. The zero-order valence-corrected chi connectivity index (χ0v) is 20.3. The maximum Gasteiger partial charge on any atom is 0.251 e. The second kappa shape index (κ2) is 12.7. The predicted octanol–water partition coefficient (Wildman–Crippen LogP) is 3.28. The molecule has 1 aromatic heterocycles. The van der Waals surface area contributed by atoms with Crippen molar-refractivity contribution in [1.82, 2.24) is 20.6 Å². The Balaban J connectivity index is 1.20. The number of nitrogens with zero attached hydrogens (tertiary/aromatic N) is 3. The van der Waals surface area contributed by atoms with Gasteiger partial charge in [0.25, 0.3) is 5.91 Å². The van der Waals surface area contributed by atoms with Gasteiger partial charge in [-0.25, -0.2) is 4.98 Å². The molecule has 0 unspecified atom stereocenters. The molecule has 1 saturated heterocycles. The number of hydrogen-bond acceptors (Lipinski definition) is 7. The third-order valence-electron chi connectivity index (χ3n) is 6.52. The molecule has 34 heavy (non-hydrogen) atoms. The van der Waals surface area contributed by atoms with Gasteiger partial charge < -0.3 is 25.6 Å². The molecule has 0 spiro atoms. The van der Waals surface area contributed by atoms with Crippen LogP contribution >= 0.6 is 0 Å². The summed E-state index contributed by atoms with van der Waals surface area (Å²) in [6, 6.07) is 10.4. The molecule has 0 radical (unpaired) electrons. The lowest BCUT2D eigenvalue weighted by Crippen LogP contribution is -2.37. The van der Waals surface area contributed by atoms with Crippen molar-refractivity contribution in [3.63, 3.8) is 0 Å². The zero-order chi connectivity index (χ0) is 23.6. The molecule has 1 saturated carbocycles. The van der Waals surface area contributed by atoms with Crippen LogP contribution in [-0.4, -0.2) is 61.3 Å². The lowest BCUT2D eigenvalue weighted by molar-refractivity contribution is 0.0953. The van der Waals surface area contributed by atoms with Gasteiger partial charge in [0.1, 0.15) is 5.82 Å². The third kappa shape index (κ3) is 7.40. The number of rotatable bonds is 10. The predicted molar refractivity (Wildman–Crippen MR) is 135 cm³/mol. The van der Waals surface area contributed by atoms with Gasteiger partial charge >= 0.3 is 0 Å². The van der Waals surface area contributed by atoms with E-state index in [-0.39, 0.29) is 5.91 Å². The van der Waals surface area contributed by atoms with E-state index in [2.05, 4.69) is 30.8 Å². The smallest absolute Gasteiger partial charge is 0.251 e. The average Bonchev–Trinajstić information content (AvgIpc) is 2.88. The van der Waals surface area contributed by atoms with Crippen LogP contribution in [0.4, 0.5) is 11.8 Å². The van der Waals surface area contributed by atoms with Crippen molar-refractivity contribution < 1.29 is 9.53 Å². The van der Waals surface area contributed by atoms with Crippen molar-refractivity contribution in [2.24, 2.45) is 0 Å². The molecule has 4 rings (SSSR count). The summed E-state index contributed by atoms with van der Waals surface area (Å²) in [7, 11) is 0. The molecule has 2 aromatic rings. The minimum Gasteiger partial charge on any atom is -0.378 e. The van der Waals surface area contributed by atoms with Crippen molar-refractivity contribution in [1.29, 1.82) is 0 Å². The Kier molecular flexibility index (Phi) is 9.10. The highest BCUT2D eigenvalue weighted by molar-refractivity contribution is 5.94. The topological polar surface area (TPSA) is 91.4 Å². The van der Waals surface area contributed by atoms with Gasteiger partial charge in [-0.1, -0.05) is 31.4 Å². The maximum absolute atomic E-state index is 12.4. The van der Waals surface area contributed by atoms with E-state index in [1.165, 1.54) is 32.1 Å². The molecule has 1 amide bonds. The summed E-state index contributed by atoms with van der Waals surface area (Å²) in [6.45, 7) is 7.37. The summed E-state index contributed by atoms with van der Waals surface area (Å²) in [5, 5.41) is 9.97. The Morgan fingerprint density at radius 1 is 1.06 bits per heavy atom. The number of ether oxygens (including phenoxy) is 1. The van der Waals surface area contributed by atoms with E-state index < -0.39 is 0 Å². The van der Waals surface area contributed by atoms with E-state index in [4.69, 9.17) is 4.74 Å². The molecule has 1 aromatic carbocycles. The first-order valence-electron chi connectivity index (χ1n) is 12.7. The average molecular weight is 467 g/mol. The van der Waals surface area contributed by atoms with Crippen molar-refractivity contribution >= 4 is 17.7 Å². The number of hydrogen-bond donors (Lipinski definition) is 3. The second-order valence-electron chi connectivity index (χ2n) is 9.24. The lowest BCUT2D eigenvalue weighted by atomic mass is 9.95. The SMILES string of the molecule is Cc1cc(N2CCOCC2)nc(NCc2ccc(C(=O)NCCCNC3CCCCC3)cc2)n1. The third-order valence-corrected chi connectivity index (χ3v) is 6.52. The van der Waals surface area contributed by atoms with Crippen LogP contribution in [0.5, 0.6) is 0 Å². The molecule has 8 nitrogen and oxygen atoms in total. The number of carbonyl (C=O) groups excluding carboxylic acids is 1. The van der Waals surface area contributed by atoms with Gasteiger partial charge in [-0.05, 0) is 50.4 Å². The van der Waals surface area contributed by atoms with Crippen LogP contribution in [0, 0.1) is 6.92 Å². The summed E-state index contributed by atoms with van der Waals surface area (Å²) in [5.41, 5.74) is 2.69. The van der Waals surface area contributed by atoms with E-state index in [1.54, 1.807) is 0 Å². The Bertz CT molecular complexity index is 908. The Morgan fingerprint density at radius 3 is 2.59 bits per heavy atom. The van der Waals surface area contributed by atoms with Crippen LogP contribution in [0.1, 0.15) is 60.1 Å². The monoisotopic (exact) mass is 466 g/mol. The zero-order valence-electron chi connectivity index (χ0n) is 20.3. The fourth-order valence-corrected chi connectivity index (χ4v) is 4.55. The number of carbonyl (C=O) groups is 1. The van der Waals surface area contributed by atoms with Crippen LogP contribution in [0.25, 0.3) is 0 Å². The minimum atomic E-state index is -0.0191. The van der Waals surface area contributed by atoms with Crippen molar-refractivity contribution in [2.45, 2.75) is 58.0 Å². The second-order valence-corrected chi connectivity index (χ2v) is 9.24. The van der Waals surface area contributed by atoms with Crippen LogP contribution in [0.3, 0.4) is 0 Å². The molecule has 2 aliphatic rings. The lowest BCUT2D eigenvalue weighted by Gasteiger charge is -2.28. The molecule has 3 N–H and O–H groups in total. The highest BCUT2D eigenvalue weighted by Crippen LogP contribution is 2.18. The number of amides is 1. The van der Waals surface area contributed by atoms with Crippen LogP contribution in [0.2, 0.25) is 0 Å². The van der Waals surface area contributed by atoms with Gasteiger partial charge in [-0.15, -0.1) is 0 Å². The first kappa shape index (κ1) is 24.4. The molecule has 0 bridgehead atoms. The highest BCUT2D eigenvalue weighted by Gasteiger charge is 2.14. The number of aryl methyl sites for hydroxylation is 1. The van der Waals surface area contributed by atoms with Crippen LogP contribution in [0.15, 0.2) is 30.3 Å². The van der Waals surface area contributed by atoms with Crippen molar-refractivity contribution in [3.8, 4) is 0 Å². The Labute approximate surface area is 202 Å². The summed E-state index contributed by atoms with van der Waals surface area (Å²) < 4.78 is 5.44. The van der Waals surface area contributed by atoms with Gasteiger partial charge in [0.15, 0.2) is 0 Å². The van der Waals surface area contributed by atoms with E-state index in [1.807, 2.05) is 37.3 Å². The molecular formula is C26H38N6O2. The Morgan fingerprint density at radius 2 is 1.82 bits per heavy atom. The minimum absolute atomic E-state index is 0.0191. The van der Waals surface area contributed by atoms with Crippen LogP contribution in [-0.2, 0) is 11.3 Å². The summed E-state index contributed by atoms with van der Waals surface area (Å²) in [6.07, 6.45) is 7.59. The van der Waals surface area contributed by atoms with Crippen LogP contribution < -0.4 is 20.9 Å². The summed E-state index contributed by atoms with van der Waals surface area (Å²) in [4.78, 5) is 23.9. The van der Waals surface area contributed by atoms with E-state index in [9.17, 15) is 4.79 Å². The van der Waals surface area contributed by atoms with E-state index >= 15 is 0 Å². The number of anilines is 2. The molecule has 1 aliphatic carbocycles. The van der Waals surface area contributed by atoms with Crippen molar-refractivity contribution in [3.05, 3.63) is 47.2 Å². The van der Waals surface area contributed by atoms with Crippen molar-refractivity contribution in [2.75, 3.05) is 49.6 Å². The number of aromatic nitrogens is 2. The van der Waals surface area contributed by atoms with Gasteiger partial charge in [0.2, 0.25) is 5.95 Å². The number of benzene rings is 1. The Hall–Kier alpha value is -2.71. The summed E-state index contributed by atoms with van der Waals surface area (Å²) >= 11 is 0. The first-order chi connectivity index (χ1) is 16.7. The fourth-order valence-electron chi connectivity index (χ4n) is 4.55. The van der Waals surface area contributed by atoms with Gasteiger partial charge in [-0.2, -0.15) is 4.98 Å². The molecule has 0 atom stereocenters. The van der Waals surface area contributed by atoms with Gasteiger partial charge in [0.05, 0.1) is 13.2 Å². The molecule has 8 heteroatoms.